The minimum absolute atomic E-state index is 0.0837. The lowest BCUT2D eigenvalue weighted by Gasteiger charge is -2.11. The van der Waals surface area contributed by atoms with E-state index in [-0.39, 0.29) is 6.17 Å². The van der Waals surface area contributed by atoms with Crippen molar-refractivity contribution >= 4 is 49.8 Å². The molecule has 0 aliphatic heterocycles. The molecule has 7 aromatic rings. The summed E-state index contributed by atoms with van der Waals surface area (Å²) in [6, 6.07) is 51.3. The van der Waals surface area contributed by atoms with Crippen LogP contribution in [0.25, 0.3) is 32.3 Å². The maximum atomic E-state index is 6.53. The molecule has 254 valence electrons. The lowest BCUT2D eigenvalue weighted by molar-refractivity contribution is 0.623. The first-order chi connectivity index (χ1) is 24.5. The predicted molar refractivity (Wildman–Crippen MR) is 222 cm³/mol. The van der Waals surface area contributed by atoms with Gasteiger partial charge in [-0.1, -0.05) is 159 Å². The van der Waals surface area contributed by atoms with Crippen molar-refractivity contribution in [2.45, 2.75) is 23.2 Å². The molecule has 0 fully saturated rings. The van der Waals surface area contributed by atoms with Gasteiger partial charge in [0.2, 0.25) is 0 Å². The summed E-state index contributed by atoms with van der Waals surface area (Å²) in [4.78, 5) is 1.15. The Kier molecular flexibility index (Phi) is 14.9. The molecule has 0 spiro atoms. The summed E-state index contributed by atoms with van der Waals surface area (Å²) in [7, 11) is 3.36. The van der Waals surface area contributed by atoms with Crippen molar-refractivity contribution in [2.75, 3.05) is 19.8 Å². The number of allylic oxidation sites excluding steroid dienone is 2. The van der Waals surface area contributed by atoms with E-state index in [9.17, 15) is 0 Å². The first-order valence-corrected chi connectivity index (χ1v) is 17.7. The molecule has 5 heteroatoms. The molecule has 0 aromatic heterocycles. The number of hydrogen-bond donors (Lipinski definition) is 4. The summed E-state index contributed by atoms with van der Waals surface area (Å²) < 4.78 is 0. The van der Waals surface area contributed by atoms with E-state index < -0.39 is 0 Å². The molecule has 1 atom stereocenters. The highest BCUT2D eigenvalue weighted by Gasteiger charge is 2.08. The van der Waals surface area contributed by atoms with Crippen LogP contribution in [0.1, 0.15) is 28.4 Å². The monoisotopic (exact) mass is 676 g/mol. The van der Waals surface area contributed by atoms with Gasteiger partial charge in [-0.15, -0.1) is 11.8 Å². The molecule has 0 aliphatic carbocycles. The van der Waals surface area contributed by atoms with Crippen LogP contribution in [0.2, 0.25) is 0 Å². The average Bonchev–Trinajstić information content (AvgIpc) is 3.18. The molecule has 50 heavy (non-hydrogen) atoms. The summed E-state index contributed by atoms with van der Waals surface area (Å²) in [5, 5.41) is 10.4. The van der Waals surface area contributed by atoms with Gasteiger partial charge in [-0.25, -0.2) is 0 Å². The number of nitrogens with one attached hydrogen (secondary N) is 1. The summed E-state index contributed by atoms with van der Waals surface area (Å²) in [6.45, 7) is 6.72. The Hall–Kier alpha value is -5.17. The SMILES string of the molecule is C=CC=C.CN.CNC(N)c1ccc2ccccc2c1.Nc1c(SCc2ccccc2)ccc2cc(Cc3ccc4ccccc4c3)ccc12. The Balaban J connectivity index is 0.000000233. The quantitative estimate of drug-likeness (QED) is 0.0557. The molecule has 4 nitrogen and oxygen atoms in total. The van der Waals surface area contributed by atoms with E-state index in [1.807, 2.05) is 25.2 Å². The second-order valence-electron chi connectivity index (χ2n) is 11.5. The van der Waals surface area contributed by atoms with Crippen LogP contribution in [0.5, 0.6) is 0 Å². The maximum absolute atomic E-state index is 6.53. The molecule has 0 heterocycles. The highest BCUT2D eigenvalue weighted by molar-refractivity contribution is 7.98. The summed E-state index contributed by atoms with van der Waals surface area (Å²) in [6.07, 6.45) is 4.12. The molecule has 7 aromatic carbocycles. The van der Waals surface area contributed by atoms with Crippen molar-refractivity contribution in [1.82, 2.24) is 5.32 Å². The number of anilines is 1. The number of hydrogen-bond acceptors (Lipinski definition) is 5. The maximum Gasteiger partial charge on any atom is 0.0807 e. The normalized spacial score (nSPS) is 10.9. The summed E-state index contributed by atoms with van der Waals surface area (Å²) in [5.74, 6) is 0.927. The fraction of sp³-hybridized carbons (Fsp3) is 0.111. The van der Waals surface area contributed by atoms with Crippen molar-refractivity contribution in [3.05, 3.63) is 193 Å². The molecule has 7 N–H and O–H groups in total. The van der Waals surface area contributed by atoms with Gasteiger partial charge in [0.05, 0.1) is 11.9 Å². The number of fused-ring (bicyclic) bond motifs is 3. The zero-order valence-corrected chi connectivity index (χ0v) is 29.9. The zero-order valence-electron chi connectivity index (χ0n) is 29.1. The third-order valence-electron chi connectivity index (χ3n) is 8.16. The Morgan fingerprint density at radius 1 is 0.600 bits per heavy atom. The van der Waals surface area contributed by atoms with E-state index in [0.717, 1.165) is 33.7 Å². The fourth-order valence-electron chi connectivity index (χ4n) is 5.51. The van der Waals surface area contributed by atoms with Gasteiger partial charge in [0, 0.05) is 16.0 Å². The first kappa shape index (κ1) is 37.6. The molecular weight excluding hydrogens is 629 g/mol. The molecule has 0 bridgehead atoms. The van der Waals surface area contributed by atoms with Crippen molar-refractivity contribution in [2.24, 2.45) is 11.5 Å². The number of rotatable bonds is 8. The summed E-state index contributed by atoms with van der Waals surface area (Å²) >= 11 is 1.80. The Bertz CT molecular complexity index is 2120. The largest absolute Gasteiger partial charge is 0.397 e. The molecule has 0 aliphatic rings. The minimum Gasteiger partial charge on any atom is -0.397 e. The van der Waals surface area contributed by atoms with Gasteiger partial charge in [-0.2, -0.15) is 0 Å². The van der Waals surface area contributed by atoms with Gasteiger partial charge in [0.15, 0.2) is 0 Å². The predicted octanol–water partition coefficient (Wildman–Crippen LogP) is 10.4. The standard InChI is InChI=1S/C28H23NS.C12H14N2.C4H6.CH5N/c29-28-26-14-11-22(16-21-10-12-23-8-4-5-9-24(23)17-21)18-25(26)13-15-27(28)30-19-20-6-2-1-3-7-20;1-14-12(13)11-7-6-9-4-2-3-5-10(9)8-11;1-3-4-2;1-2/h1-15,17-18H,16,19,29H2;2-8,12,14H,13H2,1H3;3-4H,1-2H2;2H2,1H3. The first-order valence-electron chi connectivity index (χ1n) is 16.7. The number of thioether (sulfide) groups is 1. The smallest absolute Gasteiger partial charge is 0.0807 e. The van der Waals surface area contributed by atoms with Crippen LogP contribution < -0.4 is 22.5 Å². The number of nitrogens with two attached hydrogens (primary N) is 3. The molecule has 7 rings (SSSR count). The molecule has 0 amide bonds. The van der Waals surface area contributed by atoms with E-state index in [1.54, 1.807) is 23.9 Å². The molecule has 0 radical (unpaired) electrons. The molecular formula is C45H48N4S. The van der Waals surface area contributed by atoms with Crippen LogP contribution in [0, 0.1) is 0 Å². The Morgan fingerprint density at radius 3 is 1.74 bits per heavy atom. The third-order valence-corrected chi connectivity index (χ3v) is 9.30. The van der Waals surface area contributed by atoms with E-state index in [0.29, 0.717) is 0 Å². The van der Waals surface area contributed by atoms with Crippen molar-refractivity contribution < 1.29 is 0 Å². The van der Waals surface area contributed by atoms with Crippen LogP contribution in [0.3, 0.4) is 0 Å². The van der Waals surface area contributed by atoms with E-state index in [1.165, 1.54) is 50.7 Å². The van der Waals surface area contributed by atoms with Gasteiger partial charge >= 0.3 is 0 Å². The summed E-state index contributed by atoms with van der Waals surface area (Å²) in [5.41, 5.74) is 22.8. The second-order valence-corrected chi connectivity index (χ2v) is 12.5. The van der Waals surface area contributed by atoms with Crippen molar-refractivity contribution in [3.8, 4) is 0 Å². The number of nitrogen functional groups attached to an aromatic ring is 1. The van der Waals surface area contributed by atoms with Crippen molar-refractivity contribution in [1.29, 1.82) is 0 Å². The molecule has 0 saturated heterocycles. The minimum atomic E-state index is -0.0837. The van der Waals surface area contributed by atoms with Crippen LogP contribution >= 0.6 is 11.8 Å². The van der Waals surface area contributed by atoms with Crippen LogP contribution in [0.15, 0.2) is 176 Å². The average molecular weight is 677 g/mol. The highest BCUT2D eigenvalue weighted by Crippen LogP contribution is 2.34. The molecule has 0 saturated carbocycles. The van der Waals surface area contributed by atoms with Crippen LogP contribution in [-0.2, 0) is 12.2 Å². The topological polar surface area (TPSA) is 90.1 Å². The van der Waals surface area contributed by atoms with Crippen molar-refractivity contribution in [3.63, 3.8) is 0 Å². The Morgan fingerprint density at radius 2 is 1.12 bits per heavy atom. The van der Waals surface area contributed by atoms with Gasteiger partial charge < -0.3 is 22.5 Å². The van der Waals surface area contributed by atoms with Gasteiger partial charge in [-0.3, -0.25) is 0 Å². The second kappa shape index (κ2) is 19.7. The Labute approximate surface area is 301 Å². The highest BCUT2D eigenvalue weighted by atomic mass is 32.2. The van der Waals surface area contributed by atoms with Crippen LogP contribution in [0.4, 0.5) is 5.69 Å². The van der Waals surface area contributed by atoms with Gasteiger partial charge in [0.1, 0.15) is 0 Å². The molecule has 1 unspecified atom stereocenters. The number of benzene rings is 7. The third kappa shape index (κ3) is 10.4. The zero-order chi connectivity index (χ0) is 35.7. The lowest BCUT2D eigenvalue weighted by Crippen LogP contribution is -2.24. The van der Waals surface area contributed by atoms with E-state index in [2.05, 4.69) is 152 Å². The van der Waals surface area contributed by atoms with E-state index in [4.69, 9.17) is 11.5 Å². The van der Waals surface area contributed by atoms with Gasteiger partial charge in [0.25, 0.3) is 0 Å². The van der Waals surface area contributed by atoms with Crippen LogP contribution in [-0.4, -0.2) is 14.1 Å². The van der Waals surface area contributed by atoms with Gasteiger partial charge in [-0.05, 0) is 81.8 Å². The fourth-order valence-corrected chi connectivity index (χ4v) is 6.45. The van der Waals surface area contributed by atoms with E-state index >= 15 is 0 Å². The lowest BCUT2D eigenvalue weighted by atomic mass is 9.98.